The Morgan fingerprint density at radius 2 is 2.00 bits per heavy atom. The van der Waals surface area contributed by atoms with Crippen molar-refractivity contribution in [3.63, 3.8) is 0 Å². The maximum atomic E-state index is 13.2. The number of aryl methyl sites for hydroxylation is 1. The van der Waals surface area contributed by atoms with E-state index in [1.54, 1.807) is 4.90 Å². The standard InChI is InChI=1S/C16H21F2N3O/c1-12-3-2-4-14(19-12)21-8-5-13(11-21)15(22)20-9-6-16(17,18)7-10-20/h2-4,13H,5-11H2,1H3. The summed E-state index contributed by atoms with van der Waals surface area (Å²) in [5.41, 5.74) is 0.950. The minimum atomic E-state index is -2.61. The molecule has 6 heteroatoms. The predicted octanol–water partition coefficient (Wildman–Crippen LogP) is 2.47. The highest BCUT2D eigenvalue weighted by Gasteiger charge is 2.38. The summed E-state index contributed by atoms with van der Waals surface area (Å²) in [6, 6.07) is 5.84. The van der Waals surface area contributed by atoms with Crippen molar-refractivity contribution in [1.82, 2.24) is 9.88 Å². The van der Waals surface area contributed by atoms with Crippen LogP contribution >= 0.6 is 0 Å². The van der Waals surface area contributed by atoms with Gasteiger partial charge in [0.05, 0.1) is 5.92 Å². The average Bonchev–Trinajstić information content (AvgIpc) is 2.96. The molecule has 3 heterocycles. The first-order valence-electron chi connectivity index (χ1n) is 7.80. The Morgan fingerprint density at radius 3 is 2.68 bits per heavy atom. The molecule has 1 amide bonds. The van der Waals surface area contributed by atoms with Gasteiger partial charge >= 0.3 is 0 Å². The first kappa shape index (κ1) is 15.2. The fourth-order valence-corrected chi connectivity index (χ4v) is 3.19. The van der Waals surface area contributed by atoms with Crippen molar-refractivity contribution >= 4 is 11.7 Å². The Bertz CT molecular complexity index is 554. The van der Waals surface area contributed by atoms with E-state index >= 15 is 0 Å². The molecule has 0 saturated carbocycles. The summed E-state index contributed by atoms with van der Waals surface area (Å²) in [6.07, 6.45) is 0.338. The van der Waals surface area contributed by atoms with E-state index in [1.165, 1.54) is 0 Å². The Hall–Kier alpha value is -1.72. The maximum Gasteiger partial charge on any atom is 0.251 e. The summed E-state index contributed by atoms with van der Waals surface area (Å²) >= 11 is 0. The van der Waals surface area contributed by atoms with Crippen LogP contribution in [0.4, 0.5) is 14.6 Å². The molecule has 2 aliphatic rings. The molecule has 1 atom stereocenters. The minimum Gasteiger partial charge on any atom is -0.356 e. The number of carbonyl (C=O) groups excluding carboxylic acids is 1. The molecule has 3 rings (SSSR count). The van der Waals surface area contributed by atoms with E-state index in [0.717, 1.165) is 24.5 Å². The number of anilines is 1. The molecule has 0 bridgehead atoms. The predicted molar refractivity (Wildman–Crippen MR) is 80.1 cm³/mol. The van der Waals surface area contributed by atoms with Crippen molar-refractivity contribution in [3.05, 3.63) is 23.9 Å². The number of rotatable bonds is 2. The first-order chi connectivity index (χ1) is 10.4. The summed E-state index contributed by atoms with van der Waals surface area (Å²) in [5, 5.41) is 0. The molecule has 0 spiro atoms. The Morgan fingerprint density at radius 1 is 1.27 bits per heavy atom. The summed E-state index contributed by atoms with van der Waals surface area (Å²) in [4.78, 5) is 20.7. The molecule has 1 unspecified atom stereocenters. The zero-order chi connectivity index (χ0) is 15.7. The van der Waals surface area contributed by atoms with Crippen LogP contribution in [0.15, 0.2) is 18.2 Å². The molecule has 4 nitrogen and oxygen atoms in total. The van der Waals surface area contributed by atoms with Crippen molar-refractivity contribution < 1.29 is 13.6 Å². The molecule has 0 radical (unpaired) electrons. The van der Waals surface area contributed by atoms with Crippen molar-refractivity contribution in [3.8, 4) is 0 Å². The number of amides is 1. The van der Waals surface area contributed by atoms with Gasteiger partial charge in [0.15, 0.2) is 0 Å². The summed E-state index contributed by atoms with van der Waals surface area (Å²) < 4.78 is 26.4. The van der Waals surface area contributed by atoms with Gasteiger partial charge in [0.25, 0.3) is 5.92 Å². The number of nitrogens with zero attached hydrogens (tertiary/aromatic N) is 3. The van der Waals surface area contributed by atoms with Crippen LogP contribution in [0.3, 0.4) is 0 Å². The molecule has 2 saturated heterocycles. The van der Waals surface area contributed by atoms with E-state index in [4.69, 9.17) is 0 Å². The lowest BCUT2D eigenvalue weighted by atomic mass is 10.0. The summed E-state index contributed by atoms with van der Waals surface area (Å²) in [5.74, 6) is -1.80. The van der Waals surface area contributed by atoms with Crippen LogP contribution in [0.5, 0.6) is 0 Å². The Balaban J connectivity index is 1.59. The fourth-order valence-electron chi connectivity index (χ4n) is 3.19. The van der Waals surface area contributed by atoms with Gasteiger partial charge in [-0.1, -0.05) is 6.07 Å². The lowest BCUT2D eigenvalue weighted by Crippen LogP contribution is -2.45. The van der Waals surface area contributed by atoms with Crippen LogP contribution in [-0.2, 0) is 4.79 Å². The molecule has 22 heavy (non-hydrogen) atoms. The lowest BCUT2D eigenvalue weighted by Gasteiger charge is -2.33. The Labute approximate surface area is 129 Å². The highest BCUT2D eigenvalue weighted by Crippen LogP contribution is 2.30. The number of hydrogen-bond acceptors (Lipinski definition) is 3. The number of aromatic nitrogens is 1. The van der Waals surface area contributed by atoms with Crippen molar-refractivity contribution in [2.75, 3.05) is 31.1 Å². The van der Waals surface area contributed by atoms with Crippen LogP contribution in [0.1, 0.15) is 25.0 Å². The van der Waals surface area contributed by atoms with Crippen LogP contribution in [0, 0.1) is 12.8 Å². The number of carbonyl (C=O) groups is 1. The topological polar surface area (TPSA) is 36.4 Å². The smallest absolute Gasteiger partial charge is 0.251 e. The highest BCUT2D eigenvalue weighted by atomic mass is 19.3. The molecule has 1 aromatic rings. The number of pyridine rings is 1. The molecular formula is C16H21F2N3O. The lowest BCUT2D eigenvalue weighted by molar-refractivity contribution is -0.140. The van der Waals surface area contributed by atoms with Crippen LogP contribution in [0.25, 0.3) is 0 Å². The number of halogens is 2. The van der Waals surface area contributed by atoms with E-state index in [-0.39, 0.29) is 37.8 Å². The zero-order valence-electron chi connectivity index (χ0n) is 12.8. The van der Waals surface area contributed by atoms with Gasteiger partial charge in [-0.2, -0.15) is 0 Å². The summed E-state index contributed by atoms with van der Waals surface area (Å²) in [7, 11) is 0. The fraction of sp³-hybridized carbons (Fsp3) is 0.625. The third kappa shape index (κ3) is 3.20. The number of alkyl halides is 2. The van der Waals surface area contributed by atoms with Crippen molar-refractivity contribution in [2.45, 2.75) is 32.1 Å². The average molecular weight is 309 g/mol. The minimum absolute atomic E-state index is 0.0191. The zero-order valence-corrected chi connectivity index (χ0v) is 12.8. The van der Waals surface area contributed by atoms with Crippen molar-refractivity contribution in [2.24, 2.45) is 5.92 Å². The van der Waals surface area contributed by atoms with E-state index in [1.807, 2.05) is 25.1 Å². The number of piperidine rings is 1. The number of hydrogen-bond donors (Lipinski definition) is 0. The van der Waals surface area contributed by atoms with E-state index in [0.29, 0.717) is 6.54 Å². The third-order valence-electron chi connectivity index (χ3n) is 4.54. The van der Waals surface area contributed by atoms with Crippen molar-refractivity contribution in [1.29, 1.82) is 0 Å². The third-order valence-corrected chi connectivity index (χ3v) is 4.54. The van der Waals surface area contributed by atoms with E-state index < -0.39 is 5.92 Å². The van der Waals surface area contributed by atoms with Gasteiger partial charge in [-0.25, -0.2) is 13.8 Å². The van der Waals surface area contributed by atoms with E-state index in [9.17, 15) is 13.6 Å². The number of likely N-dealkylation sites (tertiary alicyclic amines) is 1. The summed E-state index contributed by atoms with van der Waals surface area (Å²) in [6.45, 7) is 3.70. The second-order valence-electron chi connectivity index (χ2n) is 6.25. The first-order valence-corrected chi connectivity index (χ1v) is 7.80. The van der Waals surface area contributed by atoms with Crippen LogP contribution in [0.2, 0.25) is 0 Å². The van der Waals surface area contributed by atoms with Gasteiger partial charge in [-0.15, -0.1) is 0 Å². The largest absolute Gasteiger partial charge is 0.356 e. The monoisotopic (exact) mass is 309 g/mol. The second kappa shape index (κ2) is 5.82. The Kier molecular flexibility index (Phi) is 4.02. The van der Waals surface area contributed by atoms with Gasteiger partial charge in [-0.3, -0.25) is 4.79 Å². The maximum absolute atomic E-state index is 13.2. The molecule has 120 valence electrons. The SMILES string of the molecule is Cc1cccc(N2CCC(C(=O)N3CCC(F)(F)CC3)C2)n1. The normalized spacial score (nSPS) is 24.6. The van der Waals surface area contributed by atoms with Gasteiger partial charge in [0, 0.05) is 44.7 Å². The van der Waals surface area contributed by atoms with Gasteiger partial charge < -0.3 is 9.80 Å². The quantitative estimate of drug-likeness (QED) is 0.842. The van der Waals surface area contributed by atoms with Crippen LogP contribution < -0.4 is 4.90 Å². The molecule has 0 N–H and O–H groups in total. The van der Waals surface area contributed by atoms with Gasteiger partial charge in [-0.05, 0) is 25.5 Å². The molecular weight excluding hydrogens is 288 g/mol. The highest BCUT2D eigenvalue weighted by molar-refractivity contribution is 5.80. The van der Waals surface area contributed by atoms with Crippen LogP contribution in [-0.4, -0.2) is 47.9 Å². The molecule has 0 aliphatic carbocycles. The second-order valence-corrected chi connectivity index (χ2v) is 6.25. The molecule has 2 aliphatic heterocycles. The molecule has 1 aromatic heterocycles. The van der Waals surface area contributed by atoms with Gasteiger partial charge in [0.2, 0.25) is 5.91 Å². The molecule has 2 fully saturated rings. The van der Waals surface area contributed by atoms with Gasteiger partial charge in [0.1, 0.15) is 5.82 Å². The molecule has 0 aromatic carbocycles. The van der Waals surface area contributed by atoms with E-state index in [2.05, 4.69) is 9.88 Å².